The van der Waals surface area contributed by atoms with Crippen molar-refractivity contribution < 1.29 is 18.3 Å². The van der Waals surface area contributed by atoms with Gasteiger partial charge in [0.1, 0.15) is 5.82 Å². The summed E-state index contributed by atoms with van der Waals surface area (Å²) < 4.78 is 38.2. The molecule has 0 radical (unpaired) electrons. The average Bonchev–Trinajstić information content (AvgIpc) is 2.99. The SMILES string of the molecule is Fc1ccc(-n2ccc(F)n2)c(C2OCCO2)c1. The molecule has 1 saturated heterocycles. The van der Waals surface area contributed by atoms with E-state index in [4.69, 9.17) is 9.47 Å². The number of ether oxygens (including phenoxy) is 2. The molecule has 0 saturated carbocycles. The van der Waals surface area contributed by atoms with Crippen molar-refractivity contribution >= 4 is 0 Å². The summed E-state index contributed by atoms with van der Waals surface area (Å²) in [6, 6.07) is 5.34. The Bertz CT molecular complexity index is 565. The van der Waals surface area contributed by atoms with E-state index >= 15 is 0 Å². The van der Waals surface area contributed by atoms with E-state index in [9.17, 15) is 8.78 Å². The smallest absolute Gasteiger partial charge is 0.233 e. The average molecular weight is 252 g/mol. The maximum Gasteiger partial charge on any atom is 0.233 e. The van der Waals surface area contributed by atoms with Gasteiger partial charge in [-0.1, -0.05) is 0 Å². The van der Waals surface area contributed by atoms with Crippen molar-refractivity contribution in [2.75, 3.05) is 13.2 Å². The maximum atomic E-state index is 13.3. The monoisotopic (exact) mass is 252 g/mol. The van der Waals surface area contributed by atoms with Gasteiger partial charge in [0.25, 0.3) is 0 Å². The van der Waals surface area contributed by atoms with Crippen LogP contribution in [0.5, 0.6) is 0 Å². The molecule has 0 atom stereocenters. The standard InChI is InChI=1S/C12H10F2N2O2/c13-8-1-2-10(16-4-3-11(14)15-16)9(7-8)12-17-5-6-18-12/h1-4,7,12H,5-6H2. The Balaban J connectivity index is 2.07. The molecule has 0 unspecified atom stereocenters. The van der Waals surface area contributed by atoms with Gasteiger partial charge in [-0.2, -0.15) is 4.39 Å². The summed E-state index contributed by atoms with van der Waals surface area (Å²) in [4.78, 5) is 0. The molecule has 0 aliphatic carbocycles. The highest BCUT2D eigenvalue weighted by Gasteiger charge is 2.23. The van der Waals surface area contributed by atoms with Crippen molar-refractivity contribution in [3.8, 4) is 5.69 Å². The third kappa shape index (κ3) is 2.00. The Kier molecular flexibility index (Phi) is 2.81. The number of nitrogens with zero attached hydrogens (tertiary/aromatic N) is 2. The zero-order valence-corrected chi connectivity index (χ0v) is 9.35. The first kappa shape index (κ1) is 11.3. The van der Waals surface area contributed by atoms with Crippen molar-refractivity contribution in [2.45, 2.75) is 6.29 Å². The van der Waals surface area contributed by atoms with Crippen molar-refractivity contribution in [1.29, 1.82) is 0 Å². The van der Waals surface area contributed by atoms with Gasteiger partial charge in [0, 0.05) is 17.8 Å². The van der Waals surface area contributed by atoms with Gasteiger partial charge in [-0.25, -0.2) is 9.07 Å². The predicted molar refractivity (Wildman–Crippen MR) is 58.1 cm³/mol. The molecule has 0 bridgehead atoms. The minimum absolute atomic E-state index is 0.402. The van der Waals surface area contributed by atoms with Crippen molar-refractivity contribution in [3.05, 3.63) is 47.8 Å². The minimum atomic E-state index is -0.636. The molecular weight excluding hydrogens is 242 g/mol. The van der Waals surface area contributed by atoms with E-state index in [-0.39, 0.29) is 0 Å². The van der Waals surface area contributed by atoms with Crippen LogP contribution in [0.25, 0.3) is 5.69 Å². The van der Waals surface area contributed by atoms with Crippen molar-refractivity contribution in [3.63, 3.8) is 0 Å². The third-order valence-corrected chi connectivity index (χ3v) is 2.67. The van der Waals surface area contributed by atoms with E-state index in [1.54, 1.807) is 0 Å². The summed E-state index contributed by atoms with van der Waals surface area (Å²) in [5, 5.41) is 3.66. The maximum absolute atomic E-state index is 13.3. The molecule has 2 aromatic rings. The number of hydrogen-bond donors (Lipinski definition) is 0. The topological polar surface area (TPSA) is 36.3 Å². The zero-order valence-electron chi connectivity index (χ0n) is 9.35. The second-order valence-electron chi connectivity index (χ2n) is 3.86. The fourth-order valence-corrected chi connectivity index (χ4v) is 1.90. The minimum Gasteiger partial charge on any atom is -0.346 e. The lowest BCUT2D eigenvalue weighted by atomic mass is 10.1. The molecule has 1 aliphatic heterocycles. The molecule has 0 N–H and O–H groups in total. The van der Waals surface area contributed by atoms with Gasteiger partial charge in [0.2, 0.25) is 5.95 Å². The number of rotatable bonds is 2. The van der Waals surface area contributed by atoms with Crippen molar-refractivity contribution in [2.24, 2.45) is 0 Å². The largest absolute Gasteiger partial charge is 0.346 e. The van der Waals surface area contributed by atoms with Crippen LogP contribution in [-0.2, 0) is 9.47 Å². The second kappa shape index (κ2) is 4.47. The lowest BCUT2D eigenvalue weighted by Crippen LogP contribution is -2.07. The molecule has 2 heterocycles. The first-order valence-electron chi connectivity index (χ1n) is 5.48. The Morgan fingerprint density at radius 1 is 1.17 bits per heavy atom. The molecule has 0 amide bonds. The van der Waals surface area contributed by atoms with Gasteiger partial charge in [-0.15, -0.1) is 5.10 Å². The van der Waals surface area contributed by atoms with Gasteiger partial charge in [-0.3, -0.25) is 0 Å². The fourth-order valence-electron chi connectivity index (χ4n) is 1.90. The molecule has 3 rings (SSSR count). The van der Waals surface area contributed by atoms with Crippen LogP contribution >= 0.6 is 0 Å². The summed E-state index contributed by atoms with van der Waals surface area (Å²) in [6.07, 6.45) is 0.823. The van der Waals surface area contributed by atoms with E-state index in [0.717, 1.165) is 0 Å². The summed E-state index contributed by atoms with van der Waals surface area (Å²) in [5.74, 6) is -1.00. The van der Waals surface area contributed by atoms with Gasteiger partial charge in [-0.05, 0) is 18.2 Å². The molecule has 4 nitrogen and oxygen atoms in total. The van der Waals surface area contributed by atoms with E-state index < -0.39 is 18.1 Å². The Morgan fingerprint density at radius 2 is 1.94 bits per heavy atom. The van der Waals surface area contributed by atoms with Crippen LogP contribution in [0.15, 0.2) is 30.5 Å². The lowest BCUT2D eigenvalue weighted by molar-refractivity contribution is -0.0443. The predicted octanol–water partition coefficient (Wildman–Crippen LogP) is 2.20. The number of aromatic nitrogens is 2. The Hall–Kier alpha value is -1.79. The van der Waals surface area contributed by atoms with Crippen LogP contribution in [0.3, 0.4) is 0 Å². The molecular formula is C12H10F2N2O2. The van der Waals surface area contributed by atoms with Gasteiger partial charge in [0.15, 0.2) is 6.29 Å². The van der Waals surface area contributed by atoms with Crippen LogP contribution in [0.1, 0.15) is 11.9 Å². The molecule has 0 spiro atoms. The van der Waals surface area contributed by atoms with Crippen LogP contribution in [0.4, 0.5) is 8.78 Å². The third-order valence-electron chi connectivity index (χ3n) is 2.67. The van der Waals surface area contributed by atoms with Gasteiger partial charge >= 0.3 is 0 Å². The molecule has 1 fully saturated rings. The second-order valence-corrected chi connectivity index (χ2v) is 3.86. The summed E-state index contributed by atoms with van der Waals surface area (Å²) >= 11 is 0. The highest BCUT2D eigenvalue weighted by Crippen LogP contribution is 2.29. The first-order chi connectivity index (χ1) is 8.74. The van der Waals surface area contributed by atoms with Gasteiger partial charge in [0.05, 0.1) is 18.9 Å². The Morgan fingerprint density at radius 3 is 2.61 bits per heavy atom. The molecule has 1 aromatic heterocycles. The number of benzene rings is 1. The lowest BCUT2D eigenvalue weighted by Gasteiger charge is -2.14. The summed E-state index contributed by atoms with van der Waals surface area (Å²) in [6.45, 7) is 0.905. The molecule has 94 valence electrons. The fraction of sp³-hybridized carbons (Fsp3) is 0.250. The molecule has 6 heteroatoms. The van der Waals surface area contributed by atoms with Crippen LogP contribution in [-0.4, -0.2) is 23.0 Å². The zero-order chi connectivity index (χ0) is 12.5. The molecule has 1 aliphatic rings. The number of hydrogen-bond acceptors (Lipinski definition) is 3. The normalized spacial score (nSPS) is 16.3. The molecule has 18 heavy (non-hydrogen) atoms. The Labute approximate surface area is 102 Å². The van der Waals surface area contributed by atoms with E-state index in [1.807, 2.05) is 0 Å². The summed E-state index contributed by atoms with van der Waals surface area (Å²) in [7, 11) is 0. The summed E-state index contributed by atoms with van der Waals surface area (Å²) in [5.41, 5.74) is 1.03. The van der Waals surface area contributed by atoms with E-state index in [2.05, 4.69) is 5.10 Å². The van der Waals surface area contributed by atoms with E-state index in [1.165, 1.54) is 35.1 Å². The van der Waals surface area contributed by atoms with Crippen LogP contribution in [0, 0.1) is 11.8 Å². The number of halogens is 2. The first-order valence-corrected chi connectivity index (χ1v) is 5.48. The van der Waals surface area contributed by atoms with Gasteiger partial charge < -0.3 is 9.47 Å². The molecule has 1 aromatic carbocycles. The highest BCUT2D eigenvalue weighted by atomic mass is 19.1. The van der Waals surface area contributed by atoms with Crippen molar-refractivity contribution in [1.82, 2.24) is 9.78 Å². The quantitative estimate of drug-likeness (QED) is 0.822. The highest BCUT2D eigenvalue weighted by molar-refractivity contribution is 5.41. The van der Waals surface area contributed by atoms with Crippen LogP contribution < -0.4 is 0 Å². The van der Waals surface area contributed by atoms with Crippen LogP contribution in [0.2, 0.25) is 0 Å². The van der Waals surface area contributed by atoms with E-state index in [0.29, 0.717) is 24.5 Å².